The fourth-order valence-corrected chi connectivity index (χ4v) is 3.46. The SMILES string of the molecule is CCCn1nccc1S(=O)(=O)N[C@H]1COC[C@@H]1OC. The monoisotopic (exact) mass is 289 g/mol. The van der Waals surface area contributed by atoms with Gasteiger partial charge in [-0.05, 0) is 12.5 Å². The summed E-state index contributed by atoms with van der Waals surface area (Å²) in [5.41, 5.74) is 0. The number of rotatable bonds is 6. The first kappa shape index (κ1) is 14.4. The van der Waals surface area contributed by atoms with E-state index in [1.54, 1.807) is 7.11 Å². The average molecular weight is 289 g/mol. The Morgan fingerprint density at radius 2 is 2.37 bits per heavy atom. The van der Waals surface area contributed by atoms with Gasteiger partial charge in [0.25, 0.3) is 10.0 Å². The normalized spacial score (nSPS) is 23.9. The molecule has 1 aliphatic rings. The first-order valence-corrected chi connectivity index (χ1v) is 7.71. The molecule has 1 N–H and O–H groups in total. The Morgan fingerprint density at radius 1 is 1.58 bits per heavy atom. The number of hydrogen-bond donors (Lipinski definition) is 1. The number of nitrogens with one attached hydrogen (secondary N) is 1. The first-order chi connectivity index (χ1) is 9.08. The molecule has 0 unspecified atom stereocenters. The molecule has 0 radical (unpaired) electrons. The van der Waals surface area contributed by atoms with Crippen LogP contribution in [0.5, 0.6) is 0 Å². The Kier molecular flexibility index (Phi) is 4.56. The van der Waals surface area contributed by atoms with Crippen molar-refractivity contribution >= 4 is 10.0 Å². The van der Waals surface area contributed by atoms with Gasteiger partial charge in [0.05, 0.1) is 31.6 Å². The van der Waals surface area contributed by atoms with E-state index in [1.807, 2.05) is 6.92 Å². The fraction of sp³-hybridized carbons (Fsp3) is 0.727. The molecule has 0 saturated carbocycles. The fourth-order valence-electron chi connectivity index (χ4n) is 2.07. The van der Waals surface area contributed by atoms with Gasteiger partial charge >= 0.3 is 0 Å². The van der Waals surface area contributed by atoms with Gasteiger partial charge in [-0.15, -0.1) is 0 Å². The van der Waals surface area contributed by atoms with Gasteiger partial charge < -0.3 is 9.47 Å². The minimum atomic E-state index is -3.61. The first-order valence-electron chi connectivity index (χ1n) is 6.23. The lowest BCUT2D eigenvalue weighted by Gasteiger charge is -2.18. The predicted molar refractivity (Wildman–Crippen MR) is 68.2 cm³/mol. The summed E-state index contributed by atoms with van der Waals surface area (Å²) in [4.78, 5) is 0. The van der Waals surface area contributed by atoms with Crippen LogP contribution in [0.3, 0.4) is 0 Å². The van der Waals surface area contributed by atoms with Crippen molar-refractivity contribution in [2.24, 2.45) is 0 Å². The van der Waals surface area contributed by atoms with Crippen LogP contribution in [0.1, 0.15) is 13.3 Å². The molecular weight excluding hydrogens is 270 g/mol. The summed E-state index contributed by atoms with van der Waals surface area (Å²) >= 11 is 0. The molecule has 2 atom stereocenters. The lowest BCUT2D eigenvalue weighted by molar-refractivity contribution is 0.0760. The number of hydrogen-bond acceptors (Lipinski definition) is 5. The van der Waals surface area contributed by atoms with Gasteiger partial charge in [0.15, 0.2) is 5.03 Å². The van der Waals surface area contributed by atoms with E-state index in [0.717, 1.165) is 6.42 Å². The zero-order chi connectivity index (χ0) is 13.9. The van der Waals surface area contributed by atoms with Gasteiger partial charge in [0.2, 0.25) is 0 Å². The zero-order valence-electron chi connectivity index (χ0n) is 11.1. The van der Waals surface area contributed by atoms with Crippen LogP contribution in [0.25, 0.3) is 0 Å². The third kappa shape index (κ3) is 3.14. The molecular formula is C11H19N3O4S. The highest BCUT2D eigenvalue weighted by molar-refractivity contribution is 7.89. The van der Waals surface area contributed by atoms with Crippen molar-refractivity contribution in [1.29, 1.82) is 0 Å². The molecule has 0 aliphatic carbocycles. The summed E-state index contributed by atoms with van der Waals surface area (Å²) in [6.45, 7) is 3.26. The second-order valence-corrected chi connectivity index (χ2v) is 6.09. The average Bonchev–Trinajstić information content (AvgIpc) is 2.98. The van der Waals surface area contributed by atoms with Crippen LogP contribution in [0.15, 0.2) is 17.3 Å². The number of nitrogens with zero attached hydrogens (tertiary/aromatic N) is 2. The van der Waals surface area contributed by atoms with E-state index in [-0.39, 0.29) is 17.2 Å². The van der Waals surface area contributed by atoms with Gasteiger partial charge in [-0.1, -0.05) is 6.92 Å². The van der Waals surface area contributed by atoms with Crippen molar-refractivity contribution in [1.82, 2.24) is 14.5 Å². The summed E-state index contributed by atoms with van der Waals surface area (Å²) in [5.74, 6) is 0. The highest BCUT2D eigenvalue weighted by Crippen LogP contribution is 2.14. The van der Waals surface area contributed by atoms with E-state index in [9.17, 15) is 8.42 Å². The maximum Gasteiger partial charge on any atom is 0.258 e. The Labute approximate surface area is 112 Å². The molecule has 0 aromatic carbocycles. The molecule has 0 spiro atoms. The molecule has 1 aromatic rings. The van der Waals surface area contributed by atoms with Gasteiger partial charge in [0.1, 0.15) is 0 Å². The molecule has 1 fully saturated rings. The Balaban J connectivity index is 2.15. The van der Waals surface area contributed by atoms with Crippen LogP contribution in [0.2, 0.25) is 0 Å². The minimum Gasteiger partial charge on any atom is -0.377 e. The number of sulfonamides is 1. The standard InChI is InChI=1S/C11H19N3O4S/c1-3-6-14-11(4-5-12-14)19(15,16)13-9-7-18-8-10(9)17-2/h4-5,9-10,13H,3,6-8H2,1-2H3/t9-,10-/m0/s1. The molecule has 108 valence electrons. The van der Waals surface area contributed by atoms with Gasteiger partial charge in [0, 0.05) is 13.7 Å². The lowest BCUT2D eigenvalue weighted by Crippen LogP contribution is -2.43. The molecule has 0 bridgehead atoms. The van der Waals surface area contributed by atoms with E-state index in [2.05, 4.69) is 9.82 Å². The zero-order valence-corrected chi connectivity index (χ0v) is 11.9. The largest absolute Gasteiger partial charge is 0.377 e. The number of ether oxygens (including phenoxy) is 2. The van der Waals surface area contributed by atoms with Crippen molar-refractivity contribution in [3.63, 3.8) is 0 Å². The molecule has 7 nitrogen and oxygen atoms in total. The number of aryl methyl sites for hydroxylation is 1. The van der Waals surface area contributed by atoms with Crippen LogP contribution in [-0.4, -0.2) is 50.7 Å². The van der Waals surface area contributed by atoms with E-state index in [4.69, 9.17) is 9.47 Å². The molecule has 1 aliphatic heterocycles. The van der Waals surface area contributed by atoms with E-state index in [0.29, 0.717) is 19.8 Å². The van der Waals surface area contributed by atoms with Gasteiger partial charge in [-0.2, -0.15) is 5.10 Å². The predicted octanol–water partition coefficient (Wildman–Crippen LogP) is -0.0148. The summed E-state index contributed by atoms with van der Waals surface area (Å²) in [5, 5.41) is 4.20. The molecule has 1 saturated heterocycles. The molecule has 2 rings (SSSR count). The second-order valence-electron chi connectivity index (χ2n) is 4.43. The summed E-state index contributed by atoms with van der Waals surface area (Å²) in [6, 6.07) is 1.13. The minimum absolute atomic E-state index is 0.177. The van der Waals surface area contributed by atoms with Crippen molar-refractivity contribution in [2.45, 2.75) is 37.1 Å². The number of aromatic nitrogens is 2. The second kappa shape index (κ2) is 6.00. The van der Waals surface area contributed by atoms with Crippen molar-refractivity contribution < 1.29 is 17.9 Å². The Hall–Kier alpha value is -0.960. The van der Waals surface area contributed by atoms with Crippen molar-refractivity contribution in [3.8, 4) is 0 Å². The Bertz CT molecular complexity index is 514. The third-order valence-corrected chi connectivity index (χ3v) is 4.54. The van der Waals surface area contributed by atoms with Crippen LogP contribution >= 0.6 is 0 Å². The summed E-state index contributed by atoms with van der Waals surface area (Å²) < 4.78 is 39.2. The van der Waals surface area contributed by atoms with Crippen LogP contribution in [-0.2, 0) is 26.0 Å². The quantitative estimate of drug-likeness (QED) is 0.796. The van der Waals surface area contributed by atoms with Crippen LogP contribution in [0, 0.1) is 0 Å². The number of methoxy groups -OCH3 is 1. The topological polar surface area (TPSA) is 82.5 Å². The molecule has 8 heteroatoms. The van der Waals surface area contributed by atoms with Gasteiger partial charge in [-0.3, -0.25) is 4.68 Å². The molecule has 2 heterocycles. The molecule has 1 aromatic heterocycles. The van der Waals surface area contributed by atoms with Crippen molar-refractivity contribution in [3.05, 3.63) is 12.3 Å². The van der Waals surface area contributed by atoms with Crippen molar-refractivity contribution in [2.75, 3.05) is 20.3 Å². The highest BCUT2D eigenvalue weighted by atomic mass is 32.2. The smallest absolute Gasteiger partial charge is 0.258 e. The van der Waals surface area contributed by atoms with E-state index >= 15 is 0 Å². The Morgan fingerprint density at radius 3 is 3.05 bits per heavy atom. The summed E-state index contributed by atoms with van der Waals surface area (Å²) in [6.07, 6.45) is 2.05. The molecule has 0 amide bonds. The third-order valence-electron chi connectivity index (χ3n) is 3.03. The molecule has 19 heavy (non-hydrogen) atoms. The highest BCUT2D eigenvalue weighted by Gasteiger charge is 2.33. The van der Waals surface area contributed by atoms with Gasteiger partial charge in [-0.25, -0.2) is 13.1 Å². The lowest BCUT2D eigenvalue weighted by atomic mass is 10.2. The van der Waals surface area contributed by atoms with E-state index in [1.165, 1.54) is 16.9 Å². The maximum absolute atomic E-state index is 12.3. The van der Waals surface area contributed by atoms with Crippen LogP contribution in [0.4, 0.5) is 0 Å². The van der Waals surface area contributed by atoms with Crippen LogP contribution < -0.4 is 4.72 Å². The van der Waals surface area contributed by atoms with E-state index < -0.39 is 10.0 Å². The summed E-state index contributed by atoms with van der Waals surface area (Å²) in [7, 11) is -2.06. The maximum atomic E-state index is 12.3.